The van der Waals surface area contributed by atoms with Crippen molar-refractivity contribution in [2.45, 2.75) is 4.90 Å². The Hall–Kier alpha value is -3.75. The summed E-state index contributed by atoms with van der Waals surface area (Å²) in [4.78, 5) is 29.0. The molecule has 3 aromatic carbocycles. The van der Waals surface area contributed by atoms with E-state index < -0.39 is 22.6 Å². The first-order valence-corrected chi connectivity index (χ1v) is 11.6. The van der Waals surface area contributed by atoms with Gasteiger partial charge < -0.3 is 9.72 Å². The zero-order valence-electron chi connectivity index (χ0n) is 18.1. The second kappa shape index (κ2) is 9.01. The smallest absolute Gasteiger partial charge is 0.338 e. The lowest BCUT2D eigenvalue weighted by atomic mass is 10.0. The van der Waals surface area contributed by atoms with Crippen LogP contribution in [0.25, 0.3) is 22.2 Å². The van der Waals surface area contributed by atoms with Gasteiger partial charge in [-0.2, -0.15) is 0 Å². The van der Waals surface area contributed by atoms with Crippen LogP contribution in [0.15, 0.2) is 83.8 Å². The minimum Gasteiger partial charge on any atom is -0.454 e. The normalized spacial score (nSPS) is 11.6. The molecule has 4 aromatic rings. The summed E-state index contributed by atoms with van der Waals surface area (Å²) in [7, 11) is -0.891. The number of hydrogen-bond donors (Lipinski definition) is 1. The highest BCUT2D eigenvalue weighted by atomic mass is 32.2. The van der Waals surface area contributed by atoms with Crippen LogP contribution in [0.4, 0.5) is 0 Å². The van der Waals surface area contributed by atoms with Gasteiger partial charge in [0.25, 0.3) is 0 Å². The lowest BCUT2D eigenvalue weighted by Gasteiger charge is -2.12. The first-order chi connectivity index (χ1) is 15.8. The number of fused-ring (bicyclic) bond motifs is 1. The second-order valence-corrected chi connectivity index (χ2v) is 9.75. The molecule has 0 saturated heterocycles. The van der Waals surface area contributed by atoms with Crippen molar-refractivity contribution < 1.29 is 22.7 Å². The van der Waals surface area contributed by atoms with Gasteiger partial charge >= 0.3 is 5.97 Å². The molecule has 33 heavy (non-hydrogen) atoms. The molecular weight excluding hydrogens is 440 g/mol. The molecule has 0 fully saturated rings. The Bertz CT molecular complexity index is 1440. The van der Waals surface area contributed by atoms with Crippen molar-refractivity contribution in [1.82, 2.24) is 9.29 Å². The third-order valence-corrected chi connectivity index (χ3v) is 7.04. The summed E-state index contributed by atoms with van der Waals surface area (Å²) in [6, 6.07) is 22.4. The predicted octanol–water partition coefficient (Wildman–Crippen LogP) is 4.12. The summed E-state index contributed by atoms with van der Waals surface area (Å²) in [5.74, 6) is -1.14. The van der Waals surface area contributed by atoms with E-state index in [1.165, 1.54) is 38.4 Å². The SMILES string of the molecule is CN(C)S(=O)(=O)c1cccc(C(=O)OCC(=O)c2c(-c3ccccc3)[nH]c3ccccc23)c1. The van der Waals surface area contributed by atoms with Crippen LogP contribution in [0, 0.1) is 0 Å². The standard InChI is InChI=1S/C25H22N2O5S/c1-27(2)33(30,31)19-12-8-11-18(15-19)25(29)32-16-22(28)23-20-13-6-7-14-21(20)26-24(23)17-9-4-3-5-10-17/h3-15,26H,16H2,1-2H3. The van der Waals surface area contributed by atoms with Crippen molar-refractivity contribution in [2.75, 3.05) is 20.7 Å². The number of para-hydroxylation sites is 1. The van der Waals surface area contributed by atoms with Crippen molar-refractivity contribution in [3.05, 3.63) is 90.0 Å². The van der Waals surface area contributed by atoms with Gasteiger partial charge in [0.1, 0.15) is 0 Å². The molecule has 0 radical (unpaired) electrons. The molecule has 1 N–H and O–H groups in total. The zero-order chi connectivity index (χ0) is 23.6. The molecular formula is C25H22N2O5S. The molecule has 8 heteroatoms. The van der Waals surface area contributed by atoms with Gasteiger partial charge in [-0.3, -0.25) is 4.79 Å². The number of carbonyl (C=O) groups excluding carboxylic acids is 2. The van der Waals surface area contributed by atoms with Crippen molar-refractivity contribution in [3.8, 4) is 11.3 Å². The fourth-order valence-electron chi connectivity index (χ4n) is 3.53. The first kappa shape index (κ1) is 22.4. The molecule has 168 valence electrons. The van der Waals surface area contributed by atoms with E-state index in [0.717, 1.165) is 20.8 Å². The van der Waals surface area contributed by atoms with Crippen LogP contribution < -0.4 is 0 Å². The molecule has 7 nitrogen and oxygen atoms in total. The molecule has 0 saturated carbocycles. The number of Topliss-reactive ketones (excluding diaryl/α,β-unsaturated/α-hetero) is 1. The monoisotopic (exact) mass is 462 g/mol. The number of ether oxygens (including phenoxy) is 1. The average molecular weight is 463 g/mol. The number of sulfonamides is 1. The fraction of sp³-hybridized carbons (Fsp3) is 0.120. The van der Waals surface area contributed by atoms with Crippen LogP contribution >= 0.6 is 0 Å². The van der Waals surface area contributed by atoms with Crippen molar-refractivity contribution >= 4 is 32.7 Å². The highest BCUT2D eigenvalue weighted by molar-refractivity contribution is 7.89. The number of benzene rings is 3. The molecule has 0 spiro atoms. The van der Waals surface area contributed by atoms with Gasteiger partial charge in [-0.05, 0) is 29.8 Å². The second-order valence-electron chi connectivity index (χ2n) is 7.60. The number of esters is 1. The van der Waals surface area contributed by atoms with E-state index >= 15 is 0 Å². The summed E-state index contributed by atoms with van der Waals surface area (Å²) >= 11 is 0. The number of carbonyl (C=O) groups is 2. The lowest BCUT2D eigenvalue weighted by molar-refractivity contribution is 0.0475. The van der Waals surface area contributed by atoms with E-state index in [-0.39, 0.29) is 16.2 Å². The Morgan fingerprint density at radius 1 is 0.909 bits per heavy atom. The maximum atomic E-state index is 13.2. The highest BCUT2D eigenvalue weighted by Gasteiger charge is 2.22. The molecule has 0 aliphatic rings. The number of aromatic amines is 1. The lowest BCUT2D eigenvalue weighted by Crippen LogP contribution is -2.22. The zero-order valence-corrected chi connectivity index (χ0v) is 18.9. The van der Waals surface area contributed by atoms with Crippen molar-refractivity contribution in [1.29, 1.82) is 0 Å². The minimum absolute atomic E-state index is 0.0312. The summed E-state index contributed by atoms with van der Waals surface area (Å²) in [5, 5.41) is 0.733. The van der Waals surface area contributed by atoms with Crippen molar-refractivity contribution in [3.63, 3.8) is 0 Å². The topological polar surface area (TPSA) is 96.5 Å². The molecule has 1 aromatic heterocycles. The van der Waals surface area contributed by atoms with Crippen LogP contribution in [0.2, 0.25) is 0 Å². The van der Waals surface area contributed by atoms with Crippen molar-refractivity contribution in [2.24, 2.45) is 0 Å². The van der Waals surface area contributed by atoms with Crippen LogP contribution in [-0.4, -0.2) is 50.2 Å². The molecule has 1 heterocycles. The maximum absolute atomic E-state index is 13.2. The Morgan fingerprint density at radius 3 is 2.33 bits per heavy atom. The number of hydrogen-bond acceptors (Lipinski definition) is 5. The maximum Gasteiger partial charge on any atom is 0.338 e. The minimum atomic E-state index is -3.71. The summed E-state index contributed by atoms with van der Waals surface area (Å²) < 4.78 is 31.0. The van der Waals surface area contributed by atoms with Crippen LogP contribution in [-0.2, 0) is 14.8 Å². The summed E-state index contributed by atoms with van der Waals surface area (Å²) in [6.45, 7) is -0.481. The number of nitrogens with one attached hydrogen (secondary N) is 1. The molecule has 4 rings (SSSR count). The predicted molar refractivity (Wildman–Crippen MR) is 126 cm³/mol. The van der Waals surface area contributed by atoms with Gasteiger partial charge in [-0.15, -0.1) is 0 Å². The average Bonchev–Trinajstić information content (AvgIpc) is 3.22. The van der Waals surface area contributed by atoms with E-state index in [4.69, 9.17) is 4.74 Å². The number of H-pyrrole nitrogens is 1. The Balaban J connectivity index is 1.60. The van der Waals surface area contributed by atoms with E-state index in [1.807, 2.05) is 54.6 Å². The van der Waals surface area contributed by atoms with E-state index in [9.17, 15) is 18.0 Å². The Labute approximate surface area is 191 Å². The Kier molecular flexibility index (Phi) is 6.13. The third kappa shape index (κ3) is 4.44. The first-order valence-electron chi connectivity index (χ1n) is 10.2. The van der Waals surface area contributed by atoms with Gasteiger partial charge in [0.2, 0.25) is 15.8 Å². The van der Waals surface area contributed by atoms with Crippen LogP contribution in [0.3, 0.4) is 0 Å². The number of aromatic nitrogens is 1. The van der Waals surface area contributed by atoms with Gasteiger partial charge in [0, 0.05) is 25.0 Å². The van der Waals surface area contributed by atoms with Crippen LogP contribution in [0.5, 0.6) is 0 Å². The van der Waals surface area contributed by atoms with Gasteiger partial charge in [0.15, 0.2) is 6.61 Å². The summed E-state index contributed by atoms with van der Waals surface area (Å²) in [6.07, 6.45) is 0. The Morgan fingerprint density at radius 2 is 1.61 bits per heavy atom. The number of rotatable bonds is 7. The third-order valence-electron chi connectivity index (χ3n) is 5.23. The number of nitrogens with zero attached hydrogens (tertiary/aromatic N) is 1. The molecule has 0 unspecified atom stereocenters. The van der Waals surface area contributed by atoms with E-state index in [2.05, 4.69) is 4.98 Å². The molecule has 0 aliphatic heterocycles. The van der Waals surface area contributed by atoms with Crippen LogP contribution in [0.1, 0.15) is 20.7 Å². The van der Waals surface area contributed by atoms with E-state index in [1.54, 1.807) is 0 Å². The van der Waals surface area contributed by atoms with Gasteiger partial charge in [0.05, 0.1) is 21.7 Å². The number of ketones is 1. The molecule has 0 aliphatic carbocycles. The van der Waals surface area contributed by atoms with E-state index in [0.29, 0.717) is 11.3 Å². The van der Waals surface area contributed by atoms with Gasteiger partial charge in [-0.1, -0.05) is 54.6 Å². The molecule has 0 amide bonds. The van der Waals surface area contributed by atoms with Gasteiger partial charge in [-0.25, -0.2) is 17.5 Å². The largest absolute Gasteiger partial charge is 0.454 e. The molecule has 0 bridgehead atoms. The quantitative estimate of drug-likeness (QED) is 0.329. The summed E-state index contributed by atoms with van der Waals surface area (Å²) in [5.41, 5.74) is 2.77. The fourth-order valence-corrected chi connectivity index (χ4v) is 4.48. The molecule has 0 atom stereocenters. The highest BCUT2D eigenvalue weighted by Crippen LogP contribution is 2.30.